The zero-order valence-electron chi connectivity index (χ0n) is 15.6. The van der Waals surface area contributed by atoms with Crippen molar-refractivity contribution in [3.05, 3.63) is 11.5 Å². The van der Waals surface area contributed by atoms with Gasteiger partial charge < -0.3 is 18.8 Å². The molecule has 1 aliphatic rings. The van der Waals surface area contributed by atoms with Crippen molar-refractivity contribution in [2.24, 2.45) is 0 Å². The Kier molecular flexibility index (Phi) is 7.48. The lowest BCUT2D eigenvalue weighted by Gasteiger charge is -2.32. The van der Waals surface area contributed by atoms with E-state index in [2.05, 4.69) is 0 Å². The van der Waals surface area contributed by atoms with Gasteiger partial charge in [-0.2, -0.15) is 0 Å². The van der Waals surface area contributed by atoms with Crippen LogP contribution in [0.3, 0.4) is 0 Å². The molecule has 7 heteroatoms. The summed E-state index contributed by atoms with van der Waals surface area (Å²) < 4.78 is 22.1. The molecule has 0 amide bonds. The summed E-state index contributed by atoms with van der Waals surface area (Å²) in [7, 11) is -0.525. The van der Waals surface area contributed by atoms with Gasteiger partial charge in [0.1, 0.15) is 6.61 Å². The van der Waals surface area contributed by atoms with Gasteiger partial charge in [-0.05, 0) is 52.4 Å². The lowest BCUT2D eigenvalue weighted by Crippen LogP contribution is -2.41. The summed E-state index contributed by atoms with van der Waals surface area (Å²) in [6.07, 6.45) is 4.39. The van der Waals surface area contributed by atoms with Crippen LogP contribution in [0.1, 0.15) is 60.8 Å². The average Bonchev–Trinajstić information content (AvgIpc) is 2.64. The Morgan fingerprint density at radius 2 is 1.50 bits per heavy atom. The van der Waals surface area contributed by atoms with Gasteiger partial charge in [-0.1, -0.05) is 6.08 Å². The van der Waals surface area contributed by atoms with E-state index in [1.165, 1.54) is 13.8 Å². The number of ether oxygens (including phenoxy) is 2. The fraction of sp³-hybridized carbons (Fsp3) is 0.765. The maximum Gasteiger partial charge on any atom is 0.493 e. The van der Waals surface area contributed by atoms with E-state index >= 15 is 0 Å². The predicted octanol–water partition coefficient (Wildman–Crippen LogP) is 2.84. The first kappa shape index (κ1) is 20.7. The first-order valence-electron chi connectivity index (χ1n) is 8.36. The van der Waals surface area contributed by atoms with Gasteiger partial charge in [0.15, 0.2) is 0 Å². The molecule has 0 radical (unpaired) electrons. The van der Waals surface area contributed by atoms with E-state index in [9.17, 15) is 9.59 Å². The molecule has 0 spiro atoms. The highest BCUT2D eigenvalue weighted by atomic mass is 16.7. The Balaban J connectivity index is 2.62. The van der Waals surface area contributed by atoms with Gasteiger partial charge in [-0.3, -0.25) is 9.59 Å². The predicted molar refractivity (Wildman–Crippen MR) is 91.3 cm³/mol. The van der Waals surface area contributed by atoms with Gasteiger partial charge in [0, 0.05) is 13.8 Å². The maximum absolute atomic E-state index is 11.1. The van der Waals surface area contributed by atoms with Gasteiger partial charge in [0.25, 0.3) is 0 Å². The minimum Gasteiger partial charge on any atom is -0.466 e. The van der Waals surface area contributed by atoms with E-state index in [0.717, 1.165) is 24.7 Å². The largest absolute Gasteiger partial charge is 0.493 e. The molecule has 24 heavy (non-hydrogen) atoms. The fourth-order valence-electron chi connectivity index (χ4n) is 2.15. The highest BCUT2D eigenvalue weighted by molar-refractivity contribution is 6.54. The molecule has 0 bridgehead atoms. The molecule has 1 fully saturated rings. The number of hydrogen-bond donors (Lipinski definition) is 0. The molecule has 1 saturated heterocycles. The second-order valence-corrected chi connectivity index (χ2v) is 6.98. The van der Waals surface area contributed by atoms with Crippen molar-refractivity contribution in [2.45, 2.75) is 72.0 Å². The third kappa shape index (κ3) is 6.28. The zero-order chi connectivity index (χ0) is 18.4. The molecule has 0 unspecified atom stereocenters. The van der Waals surface area contributed by atoms with Gasteiger partial charge in [-0.25, -0.2) is 0 Å². The second kappa shape index (κ2) is 8.67. The molecule has 1 aliphatic heterocycles. The SMILES string of the molecule is CC(=O)OCCCC/C=C(/COC(C)=O)B1OC(C)(C)C(C)(C)O1. The molecule has 0 N–H and O–H groups in total. The van der Waals surface area contributed by atoms with Crippen LogP contribution in [0.25, 0.3) is 0 Å². The first-order valence-corrected chi connectivity index (χ1v) is 8.36. The highest BCUT2D eigenvalue weighted by Gasteiger charge is 2.52. The fourth-order valence-corrected chi connectivity index (χ4v) is 2.15. The van der Waals surface area contributed by atoms with Crippen molar-refractivity contribution in [1.29, 1.82) is 0 Å². The van der Waals surface area contributed by atoms with Crippen molar-refractivity contribution < 1.29 is 28.4 Å². The molecular formula is C17H29BO6. The van der Waals surface area contributed by atoms with Crippen LogP contribution in [0.5, 0.6) is 0 Å². The highest BCUT2D eigenvalue weighted by Crippen LogP contribution is 2.38. The summed E-state index contributed by atoms with van der Waals surface area (Å²) >= 11 is 0. The Hall–Kier alpha value is -1.34. The minimum atomic E-state index is -0.525. The summed E-state index contributed by atoms with van der Waals surface area (Å²) in [5.41, 5.74) is -0.0821. The van der Waals surface area contributed by atoms with Crippen LogP contribution in [-0.2, 0) is 28.4 Å². The van der Waals surface area contributed by atoms with E-state index in [1.807, 2.05) is 33.8 Å². The van der Waals surface area contributed by atoms with Crippen LogP contribution in [0, 0.1) is 0 Å². The van der Waals surface area contributed by atoms with Crippen LogP contribution in [-0.4, -0.2) is 43.5 Å². The number of hydrogen-bond acceptors (Lipinski definition) is 6. The number of allylic oxidation sites excluding steroid dienone is 1. The first-order chi connectivity index (χ1) is 11.0. The van der Waals surface area contributed by atoms with E-state index in [4.69, 9.17) is 18.8 Å². The van der Waals surface area contributed by atoms with Crippen molar-refractivity contribution in [1.82, 2.24) is 0 Å². The Morgan fingerprint density at radius 3 is 2.00 bits per heavy atom. The minimum absolute atomic E-state index is 0.149. The van der Waals surface area contributed by atoms with E-state index in [1.54, 1.807) is 0 Å². The smallest absolute Gasteiger partial charge is 0.466 e. The van der Waals surface area contributed by atoms with Gasteiger partial charge in [0.2, 0.25) is 0 Å². The van der Waals surface area contributed by atoms with Gasteiger partial charge >= 0.3 is 19.1 Å². The molecule has 0 aliphatic carbocycles. The topological polar surface area (TPSA) is 71.1 Å². The summed E-state index contributed by atoms with van der Waals surface area (Å²) in [6.45, 7) is 11.3. The summed E-state index contributed by atoms with van der Waals surface area (Å²) in [5.74, 6) is -0.606. The standard InChI is InChI=1S/C17H29BO6/c1-13(19)21-11-9-7-8-10-15(12-22-14(2)20)18-23-16(3,4)17(5,6)24-18/h10H,7-9,11-12H2,1-6H3/b15-10-. The molecule has 1 rings (SSSR count). The Morgan fingerprint density at radius 1 is 0.958 bits per heavy atom. The zero-order valence-corrected chi connectivity index (χ0v) is 15.6. The van der Waals surface area contributed by atoms with E-state index < -0.39 is 18.3 Å². The van der Waals surface area contributed by atoms with E-state index in [0.29, 0.717) is 6.61 Å². The molecule has 0 aromatic carbocycles. The van der Waals surface area contributed by atoms with Crippen molar-refractivity contribution in [3.63, 3.8) is 0 Å². The molecule has 0 saturated carbocycles. The third-order valence-electron chi connectivity index (χ3n) is 4.31. The van der Waals surface area contributed by atoms with Crippen LogP contribution in [0.15, 0.2) is 11.5 Å². The lowest BCUT2D eigenvalue weighted by molar-refractivity contribution is -0.141. The molecule has 0 aromatic rings. The monoisotopic (exact) mass is 340 g/mol. The lowest BCUT2D eigenvalue weighted by atomic mass is 9.78. The third-order valence-corrected chi connectivity index (χ3v) is 4.31. The van der Waals surface area contributed by atoms with Crippen molar-refractivity contribution >= 4 is 19.1 Å². The van der Waals surface area contributed by atoms with Crippen LogP contribution in [0.2, 0.25) is 0 Å². The van der Waals surface area contributed by atoms with Crippen LogP contribution in [0.4, 0.5) is 0 Å². The number of unbranched alkanes of at least 4 members (excludes halogenated alkanes) is 2. The van der Waals surface area contributed by atoms with Gasteiger partial charge in [-0.15, -0.1) is 0 Å². The molecule has 0 aromatic heterocycles. The number of rotatable bonds is 8. The van der Waals surface area contributed by atoms with Crippen LogP contribution >= 0.6 is 0 Å². The Bertz CT molecular complexity index is 467. The second-order valence-electron chi connectivity index (χ2n) is 6.98. The van der Waals surface area contributed by atoms with Crippen molar-refractivity contribution in [3.8, 4) is 0 Å². The number of carbonyl (C=O) groups is 2. The number of esters is 2. The van der Waals surface area contributed by atoms with E-state index in [-0.39, 0.29) is 18.5 Å². The maximum atomic E-state index is 11.1. The number of carbonyl (C=O) groups excluding carboxylic acids is 2. The summed E-state index contributed by atoms with van der Waals surface area (Å²) in [5, 5.41) is 0. The average molecular weight is 340 g/mol. The Labute approximate surface area is 145 Å². The molecule has 6 nitrogen and oxygen atoms in total. The summed E-state index contributed by atoms with van der Waals surface area (Å²) in [6, 6.07) is 0. The molecule has 0 atom stereocenters. The summed E-state index contributed by atoms with van der Waals surface area (Å²) in [4.78, 5) is 21.8. The van der Waals surface area contributed by atoms with Crippen LogP contribution < -0.4 is 0 Å². The van der Waals surface area contributed by atoms with Crippen molar-refractivity contribution in [2.75, 3.05) is 13.2 Å². The molecule has 136 valence electrons. The molecular weight excluding hydrogens is 311 g/mol. The van der Waals surface area contributed by atoms with Gasteiger partial charge in [0.05, 0.1) is 17.8 Å². The quantitative estimate of drug-likeness (QED) is 0.384. The normalized spacial score (nSPS) is 19.2. The molecule has 1 heterocycles.